The molecule has 0 bridgehead atoms. The van der Waals surface area contributed by atoms with Gasteiger partial charge in [0.05, 0.1) is 0 Å². The maximum absolute atomic E-state index is 13.7. The summed E-state index contributed by atoms with van der Waals surface area (Å²) in [6.07, 6.45) is 0.488. The van der Waals surface area contributed by atoms with Crippen LogP contribution in [-0.2, 0) is 13.0 Å². The van der Waals surface area contributed by atoms with E-state index in [1.165, 1.54) is 18.2 Å². The summed E-state index contributed by atoms with van der Waals surface area (Å²) in [5.41, 5.74) is 1.62. The second kappa shape index (κ2) is 9.03. The first-order chi connectivity index (χ1) is 13.5. The molecular formula is C21H20F2N4O. The predicted molar refractivity (Wildman–Crippen MR) is 103 cm³/mol. The number of aryl methyl sites for hydroxylation is 1. The molecule has 7 heteroatoms. The summed E-state index contributed by atoms with van der Waals surface area (Å²) in [5, 5.41) is 5.85. The van der Waals surface area contributed by atoms with Crippen LogP contribution in [0.25, 0.3) is 0 Å². The number of anilines is 1. The van der Waals surface area contributed by atoms with Gasteiger partial charge in [-0.15, -0.1) is 0 Å². The van der Waals surface area contributed by atoms with Gasteiger partial charge in [-0.3, -0.25) is 4.79 Å². The first-order valence-electron chi connectivity index (χ1n) is 8.87. The van der Waals surface area contributed by atoms with E-state index in [0.717, 1.165) is 5.56 Å². The number of halogens is 2. The Morgan fingerprint density at radius 3 is 2.54 bits per heavy atom. The minimum atomic E-state index is -0.355. The summed E-state index contributed by atoms with van der Waals surface area (Å²) in [7, 11) is 0. The minimum absolute atomic E-state index is 0.225. The van der Waals surface area contributed by atoms with Gasteiger partial charge >= 0.3 is 0 Å². The van der Waals surface area contributed by atoms with Gasteiger partial charge in [-0.25, -0.2) is 18.7 Å². The molecule has 0 saturated heterocycles. The monoisotopic (exact) mass is 382 g/mol. The molecule has 0 aliphatic rings. The molecule has 0 spiro atoms. The van der Waals surface area contributed by atoms with E-state index in [1.54, 1.807) is 43.3 Å². The van der Waals surface area contributed by atoms with Crippen molar-refractivity contribution in [3.05, 3.63) is 88.9 Å². The molecule has 28 heavy (non-hydrogen) atoms. The average molecular weight is 382 g/mol. The van der Waals surface area contributed by atoms with E-state index >= 15 is 0 Å². The Kier molecular flexibility index (Phi) is 6.26. The van der Waals surface area contributed by atoms with Crippen molar-refractivity contribution in [2.75, 3.05) is 11.9 Å². The molecule has 0 fully saturated rings. The molecule has 0 aliphatic heterocycles. The van der Waals surface area contributed by atoms with Crippen LogP contribution in [0.15, 0.2) is 54.6 Å². The third-order valence-corrected chi connectivity index (χ3v) is 4.10. The van der Waals surface area contributed by atoms with Crippen LogP contribution in [0, 0.1) is 18.6 Å². The summed E-state index contributed by atoms with van der Waals surface area (Å²) in [6.45, 7) is 2.42. The topological polar surface area (TPSA) is 66.9 Å². The van der Waals surface area contributed by atoms with Crippen LogP contribution in [0.2, 0.25) is 0 Å². The van der Waals surface area contributed by atoms with Gasteiger partial charge in [-0.2, -0.15) is 0 Å². The number of hydrogen-bond donors (Lipinski definition) is 2. The van der Waals surface area contributed by atoms with Gasteiger partial charge < -0.3 is 10.6 Å². The maximum Gasteiger partial charge on any atom is 0.270 e. The van der Waals surface area contributed by atoms with Crippen LogP contribution < -0.4 is 10.6 Å². The van der Waals surface area contributed by atoms with Crippen molar-refractivity contribution in [2.45, 2.75) is 19.9 Å². The molecule has 0 radical (unpaired) electrons. The molecule has 1 amide bonds. The van der Waals surface area contributed by atoms with Crippen molar-refractivity contribution < 1.29 is 13.6 Å². The first-order valence-corrected chi connectivity index (χ1v) is 8.87. The third kappa shape index (κ3) is 5.33. The number of hydrogen-bond acceptors (Lipinski definition) is 4. The van der Waals surface area contributed by atoms with E-state index in [0.29, 0.717) is 30.2 Å². The van der Waals surface area contributed by atoms with E-state index < -0.39 is 0 Å². The number of nitrogens with zero attached hydrogens (tertiary/aromatic N) is 2. The van der Waals surface area contributed by atoms with Crippen molar-refractivity contribution in [1.29, 1.82) is 0 Å². The van der Waals surface area contributed by atoms with Crippen molar-refractivity contribution >= 4 is 11.7 Å². The number of carbonyl (C=O) groups excluding carboxylic acids is 1. The summed E-state index contributed by atoms with van der Waals surface area (Å²) in [6, 6.07) is 14.0. The molecule has 0 unspecified atom stereocenters. The van der Waals surface area contributed by atoms with Gasteiger partial charge in [0, 0.05) is 19.2 Å². The highest BCUT2D eigenvalue weighted by Crippen LogP contribution is 2.10. The molecular weight excluding hydrogens is 362 g/mol. The van der Waals surface area contributed by atoms with Gasteiger partial charge in [-0.05, 0) is 42.7 Å². The van der Waals surface area contributed by atoms with E-state index in [-0.39, 0.29) is 29.8 Å². The molecule has 2 N–H and O–H groups in total. The van der Waals surface area contributed by atoms with Gasteiger partial charge in [0.1, 0.15) is 29.0 Å². The third-order valence-electron chi connectivity index (χ3n) is 4.10. The summed E-state index contributed by atoms with van der Waals surface area (Å²) >= 11 is 0. The Balaban J connectivity index is 1.59. The minimum Gasteiger partial charge on any atom is -0.370 e. The standard InChI is InChI=1S/C21H20F2N4O/c1-14-26-19(21(28)25-13-15-6-8-17(22)9-7-15)12-20(27-14)24-11-10-16-4-2-3-5-18(16)23/h2-9,12H,10-11,13H2,1H3,(H,25,28)(H,24,26,27). The highest BCUT2D eigenvalue weighted by Gasteiger charge is 2.11. The number of nitrogens with one attached hydrogen (secondary N) is 2. The van der Waals surface area contributed by atoms with Crippen LogP contribution in [0.5, 0.6) is 0 Å². The predicted octanol–water partition coefficient (Wildman–Crippen LogP) is 3.65. The lowest BCUT2D eigenvalue weighted by Gasteiger charge is -2.10. The normalized spacial score (nSPS) is 10.5. The zero-order chi connectivity index (χ0) is 19.9. The molecule has 5 nitrogen and oxygen atoms in total. The fraction of sp³-hybridized carbons (Fsp3) is 0.190. The Bertz CT molecular complexity index is 961. The smallest absolute Gasteiger partial charge is 0.270 e. The van der Waals surface area contributed by atoms with Gasteiger partial charge in [-0.1, -0.05) is 30.3 Å². The summed E-state index contributed by atoms with van der Waals surface area (Å²) in [4.78, 5) is 20.8. The summed E-state index contributed by atoms with van der Waals surface area (Å²) < 4.78 is 26.6. The SMILES string of the molecule is Cc1nc(NCCc2ccccc2F)cc(C(=O)NCc2ccc(F)cc2)n1. The number of aromatic nitrogens is 2. The average Bonchev–Trinajstić information content (AvgIpc) is 2.68. The van der Waals surface area contributed by atoms with E-state index in [2.05, 4.69) is 20.6 Å². The highest BCUT2D eigenvalue weighted by molar-refractivity contribution is 5.92. The van der Waals surface area contributed by atoms with Crippen LogP contribution in [0.1, 0.15) is 27.4 Å². The number of carbonyl (C=O) groups is 1. The van der Waals surface area contributed by atoms with Gasteiger partial charge in [0.15, 0.2) is 0 Å². The lowest BCUT2D eigenvalue weighted by molar-refractivity contribution is 0.0945. The van der Waals surface area contributed by atoms with Crippen molar-refractivity contribution in [2.24, 2.45) is 0 Å². The van der Waals surface area contributed by atoms with Crippen LogP contribution in [0.4, 0.5) is 14.6 Å². The molecule has 1 aromatic heterocycles. The molecule has 2 aromatic carbocycles. The molecule has 1 heterocycles. The second-order valence-electron chi connectivity index (χ2n) is 6.26. The molecule has 0 saturated carbocycles. The fourth-order valence-corrected chi connectivity index (χ4v) is 2.68. The largest absolute Gasteiger partial charge is 0.370 e. The van der Waals surface area contributed by atoms with Crippen LogP contribution in [-0.4, -0.2) is 22.4 Å². The van der Waals surface area contributed by atoms with Crippen molar-refractivity contribution in [1.82, 2.24) is 15.3 Å². The lowest BCUT2D eigenvalue weighted by Crippen LogP contribution is -2.24. The number of benzene rings is 2. The van der Waals surface area contributed by atoms with Crippen LogP contribution >= 0.6 is 0 Å². The molecule has 3 rings (SSSR count). The number of amides is 1. The van der Waals surface area contributed by atoms with Gasteiger partial charge in [0.2, 0.25) is 0 Å². The lowest BCUT2D eigenvalue weighted by atomic mass is 10.1. The number of rotatable bonds is 7. The summed E-state index contributed by atoms with van der Waals surface area (Å²) in [5.74, 6) is 0.0159. The zero-order valence-corrected chi connectivity index (χ0v) is 15.4. The molecule has 144 valence electrons. The fourth-order valence-electron chi connectivity index (χ4n) is 2.68. The van der Waals surface area contributed by atoms with Crippen molar-refractivity contribution in [3.63, 3.8) is 0 Å². The Morgan fingerprint density at radius 2 is 1.79 bits per heavy atom. The molecule has 0 aliphatic carbocycles. The quantitative estimate of drug-likeness (QED) is 0.655. The molecule has 3 aromatic rings. The zero-order valence-electron chi connectivity index (χ0n) is 15.4. The van der Waals surface area contributed by atoms with Gasteiger partial charge in [0.25, 0.3) is 5.91 Å². The van der Waals surface area contributed by atoms with E-state index in [1.807, 2.05) is 0 Å². The van der Waals surface area contributed by atoms with E-state index in [4.69, 9.17) is 0 Å². The van der Waals surface area contributed by atoms with E-state index in [9.17, 15) is 13.6 Å². The second-order valence-corrected chi connectivity index (χ2v) is 6.26. The Hall–Kier alpha value is -3.35. The Morgan fingerprint density at radius 1 is 1.04 bits per heavy atom. The first kappa shape index (κ1) is 19.4. The van der Waals surface area contributed by atoms with Crippen molar-refractivity contribution in [3.8, 4) is 0 Å². The maximum atomic E-state index is 13.7. The Labute approximate surface area is 161 Å². The highest BCUT2D eigenvalue weighted by atomic mass is 19.1. The van der Waals surface area contributed by atoms with Crippen LogP contribution in [0.3, 0.4) is 0 Å². The molecule has 0 atom stereocenters.